The molecule has 0 N–H and O–H groups in total. The van der Waals surface area contributed by atoms with Gasteiger partial charge in [-0.3, -0.25) is 4.90 Å². The van der Waals surface area contributed by atoms with Crippen LogP contribution in [-0.4, -0.2) is 29.8 Å². The summed E-state index contributed by atoms with van der Waals surface area (Å²) in [6.07, 6.45) is 2.45. The lowest BCUT2D eigenvalue weighted by Gasteiger charge is -2.31. The molecule has 1 aromatic carbocycles. The topological polar surface area (TPSA) is 51.7 Å². The summed E-state index contributed by atoms with van der Waals surface area (Å²) in [5.41, 5.74) is 3.14. The maximum Gasteiger partial charge on any atom is 0.415 e. The third kappa shape index (κ3) is 4.11. The van der Waals surface area contributed by atoms with E-state index in [0.717, 1.165) is 29.7 Å². The van der Waals surface area contributed by atoms with Crippen molar-refractivity contribution in [2.24, 2.45) is 0 Å². The Morgan fingerprint density at radius 2 is 2.00 bits per heavy atom. The lowest BCUT2D eigenvalue weighted by Crippen LogP contribution is -2.41. The predicted molar refractivity (Wildman–Crippen MR) is 104 cm³/mol. The number of benzene rings is 1. The number of anilines is 1. The van der Waals surface area contributed by atoms with E-state index in [1.165, 1.54) is 12.1 Å². The van der Waals surface area contributed by atoms with Crippen molar-refractivity contribution in [3.05, 3.63) is 53.0 Å². The lowest BCUT2D eigenvalue weighted by atomic mass is 10.0. The second-order valence-electron chi connectivity index (χ2n) is 8.41. The average Bonchev–Trinajstić information content (AvgIpc) is 3.46. The van der Waals surface area contributed by atoms with Crippen LogP contribution in [0.1, 0.15) is 56.4 Å². The zero-order chi connectivity index (χ0) is 19.9. The van der Waals surface area contributed by atoms with Gasteiger partial charge in [0.2, 0.25) is 5.88 Å². The van der Waals surface area contributed by atoms with Crippen molar-refractivity contribution < 1.29 is 18.7 Å². The van der Waals surface area contributed by atoms with E-state index >= 15 is 0 Å². The first kappa shape index (κ1) is 18.7. The number of fused-ring (bicyclic) bond motifs is 1. The van der Waals surface area contributed by atoms with E-state index in [1.54, 1.807) is 17.0 Å². The van der Waals surface area contributed by atoms with Gasteiger partial charge in [0.1, 0.15) is 23.7 Å². The van der Waals surface area contributed by atoms with Crippen LogP contribution in [0.2, 0.25) is 0 Å². The molecule has 0 atom stereocenters. The van der Waals surface area contributed by atoms with Gasteiger partial charge in [0.25, 0.3) is 0 Å². The highest BCUT2D eigenvalue weighted by molar-refractivity contribution is 5.90. The molecule has 1 aliphatic heterocycles. The number of hydrogen-bond donors (Lipinski definition) is 0. The van der Waals surface area contributed by atoms with Gasteiger partial charge in [-0.25, -0.2) is 14.2 Å². The Hall–Kier alpha value is -2.63. The van der Waals surface area contributed by atoms with Crippen LogP contribution in [0.5, 0.6) is 5.88 Å². The Morgan fingerprint density at radius 1 is 1.29 bits per heavy atom. The number of ether oxygens (including phenoxy) is 2. The predicted octanol–water partition coefficient (Wildman–Crippen LogP) is 4.82. The molecule has 2 aliphatic rings. The third-order valence-corrected chi connectivity index (χ3v) is 4.81. The molecule has 0 unspecified atom stereocenters. The van der Waals surface area contributed by atoms with Crippen molar-refractivity contribution in [3.63, 3.8) is 0 Å². The Bertz CT molecular complexity index is 886. The third-order valence-electron chi connectivity index (χ3n) is 4.81. The molecule has 1 aliphatic carbocycles. The normalized spacial score (nSPS) is 16.4. The number of aromatic nitrogens is 1. The molecule has 28 heavy (non-hydrogen) atoms. The highest BCUT2D eigenvalue weighted by Gasteiger charge is 2.33. The lowest BCUT2D eigenvalue weighted by molar-refractivity contribution is 0.0566. The molecular formula is C22H25FN2O3. The quantitative estimate of drug-likeness (QED) is 0.761. The van der Waals surface area contributed by atoms with E-state index in [0.29, 0.717) is 37.1 Å². The molecule has 6 heteroatoms. The minimum absolute atomic E-state index is 0.251. The summed E-state index contributed by atoms with van der Waals surface area (Å²) < 4.78 is 24.6. The van der Waals surface area contributed by atoms with Crippen molar-refractivity contribution in [2.45, 2.75) is 51.6 Å². The van der Waals surface area contributed by atoms with Gasteiger partial charge in [0.15, 0.2) is 0 Å². The minimum Gasteiger partial charge on any atom is -0.474 e. The van der Waals surface area contributed by atoms with Crippen LogP contribution in [0.15, 0.2) is 30.3 Å². The maximum absolute atomic E-state index is 13.3. The molecule has 0 bridgehead atoms. The van der Waals surface area contributed by atoms with Gasteiger partial charge in [0, 0.05) is 5.92 Å². The van der Waals surface area contributed by atoms with Crippen LogP contribution in [-0.2, 0) is 11.2 Å². The second kappa shape index (κ2) is 7.08. The molecule has 0 saturated heterocycles. The minimum atomic E-state index is -0.576. The Balaban J connectivity index is 1.69. The van der Waals surface area contributed by atoms with E-state index in [-0.39, 0.29) is 5.82 Å². The second-order valence-corrected chi connectivity index (χ2v) is 8.41. The van der Waals surface area contributed by atoms with E-state index in [9.17, 15) is 9.18 Å². The number of pyridine rings is 1. The molecule has 1 aromatic heterocycles. The highest BCUT2D eigenvalue weighted by Crippen LogP contribution is 2.44. The van der Waals surface area contributed by atoms with Crippen LogP contribution in [0, 0.1) is 5.82 Å². The van der Waals surface area contributed by atoms with Gasteiger partial charge in [0.05, 0.1) is 12.2 Å². The van der Waals surface area contributed by atoms with Crippen molar-refractivity contribution in [1.29, 1.82) is 0 Å². The van der Waals surface area contributed by atoms with Gasteiger partial charge in [-0.1, -0.05) is 12.1 Å². The molecule has 5 nitrogen and oxygen atoms in total. The Labute approximate surface area is 164 Å². The molecule has 0 radical (unpaired) electrons. The summed E-state index contributed by atoms with van der Waals surface area (Å²) >= 11 is 0. The van der Waals surface area contributed by atoms with E-state index in [4.69, 9.17) is 14.5 Å². The fourth-order valence-corrected chi connectivity index (χ4v) is 3.37. The molecule has 4 rings (SSSR count). The van der Waals surface area contributed by atoms with Crippen molar-refractivity contribution >= 4 is 11.8 Å². The molecule has 0 spiro atoms. The molecule has 2 heterocycles. The van der Waals surface area contributed by atoms with Crippen LogP contribution in [0.4, 0.5) is 14.9 Å². The fraction of sp³-hybridized carbons (Fsp3) is 0.455. The summed E-state index contributed by atoms with van der Waals surface area (Å²) in [5.74, 6) is 0.669. The van der Waals surface area contributed by atoms with Gasteiger partial charge >= 0.3 is 6.09 Å². The fourth-order valence-electron chi connectivity index (χ4n) is 3.37. The van der Waals surface area contributed by atoms with Crippen molar-refractivity contribution in [1.82, 2.24) is 4.98 Å². The number of nitrogens with zero attached hydrogens (tertiary/aromatic N) is 2. The standard InChI is InChI=1S/C22H25FN2O3/c1-22(2,3)28-21(26)25-10-11-27-20-18(25)13-16(19(24-20)15-6-7-15)12-14-4-8-17(23)9-5-14/h4-5,8-9,13,15H,6-7,10-12H2,1-3H3. The molecule has 1 fully saturated rings. The zero-order valence-corrected chi connectivity index (χ0v) is 16.5. The van der Waals surface area contributed by atoms with Gasteiger partial charge in [-0.05, 0) is 69.4 Å². The van der Waals surface area contributed by atoms with Crippen LogP contribution < -0.4 is 9.64 Å². The summed E-state index contributed by atoms with van der Waals surface area (Å²) in [6, 6.07) is 8.49. The Morgan fingerprint density at radius 3 is 2.64 bits per heavy atom. The van der Waals surface area contributed by atoms with Crippen LogP contribution >= 0.6 is 0 Å². The van der Waals surface area contributed by atoms with Crippen LogP contribution in [0.25, 0.3) is 0 Å². The summed E-state index contributed by atoms with van der Waals surface area (Å²) in [5, 5.41) is 0. The molecule has 1 amide bonds. The summed E-state index contributed by atoms with van der Waals surface area (Å²) in [4.78, 5) is 19.1. The molecule has 148 valence electrons. The van der Waals surface area contributed by atoms with Crippen molar-refractivity contribution in [3.8, 4) is 5.88 Å². The number of hydrogen-bond acceptors (Lipinski definition) is 4. The Kier molecular flexibility index (Phi) is 4.73. The van der Waals surface area contributed by atoms with Gasteiger partial charge in [-0.2, -0.15) is 0 Å². The number of rotatable bonds is 3. The molecule has 2 aromatic rings. The number of amides is 1. The van der Waals surface area contributed by atoms with E-state index in [2.05, 4.69) is 0 Å². The smallest absolute Gasteiger partial charge is 0.415 e. The maximum atomic E-state index is 13.3. The number of halogens is 1. The van der Waals surface area contributed by atoms with Crippen LogP contribution in [0.3, 0.4) is 0 Å². The molecule has 1 saturated carbocycles. The first-order valence-electron chi connectivity index (χ1n) is 9.72. The summed E-state index contributed by atoms with van der Waals surface area (Å²) in [7, 11) is 0. The van der Waals surface area contributed by atoms with Crippen molar-refractivity contribution in [2.75, 3.05) is 18.1 Å². The monoisotopic (exact) mass is 384 g/mol. The largest absolute Gasteiger partial charge is 0.474 e. The van der Waals surface area contributed by atoms with E-state index < -0.39 is 11.7 Å². The number of carbonyl (C=O) groups is 1. The first-order chi connectivity index (χ1) is 13.3. The first-order valence-corrected chi connectivity index (χ1v) is 9.72. The summed E-state index contributed by atoms with van der Waals surface area (Å²) in [6.45, 7) is 6.35. The number of carbonyl (C=O) groups excluding carboxylic acids is 1. The highest BCUT2D eigenvalue weighted by atomic mass is 19.1. The van der Waals surface area contributed by atoms with Gasteiger partial charge < -0.3 is 9.47 Å². The van der Waals surface area contributed by atoms with E-state index in [1.807, 2.05) is 26.8 Å². The SMILES string of the molecule is CC(C)(C)OC(=O)N1CCOc2nc(C3CC3)c(Cc3ccc(F)cc3)cc21. The zero-order valence-electron chi connectivity index (χ0n) is 16.5. The molecular weight excluding hydrogens is 359 g/mol. The average molecular weight is 384 g/mol. The van der Waals surface area contributed by atoms with Gasteiger partial charge in [-0.15, -0.1) is 0 Å².